The van der Waals surface area contributed by atoms with Gasteiger partial charge in [0.2, 0.25) is 0 Å². The molecule has 2 amide bonds. The maximum absolute atomic E-state index is 12.8. The average Bonchev–Trinajstić information content (AvgIpc) is 2.93. The fraction of sp³-hybridized carbons (Fsp3) is 0.100. The van der Waals surface area contributed by atoms with Gasteiger partial charge in [-0.1, -0.05) is 60.7 Å². The summed E-state index contributed by atoms with van der Waals surface area (Å²) in [5.74, 6) is -0.272. The maximum Gasteiger partial charge on any atom is 0.513 e. The normalized spacial score (nSPS) is 10.3. The Balaban J connectivity index is 1.36. The minimum absolute atomic E-state index is 0.208. The van der Waals surface area contributed by atoms with Crippen LogP contribution in [0.1, 0.15) is 33.2 Å². The van der Waals surface area contributed by atoms with Crippen LogP contribution in [-0.2, 0) is 11.3 Å². The SMILES string of the molecule is CCOC(=O)Oc1ccc(C(=O)Nc2ccccc2CNC(=O)c2ccc(-c3ccccc3)cc2)cc1. The number of benzene rings is 4. The number of rotatable bonds is 8. The molecule has 0 fully saturated rings. The molecule has 0 unspecified atom stereocenters. The molecule has 0 aliphatic rings. The molecule has 37 heavy (non-hydrogen) atoms. The molecule has 2 N–H and O–H groups in total. The largest absolute Gasteiger partial charge is 0.513 e. The van der Waals surface area contributed by atoms with Crippen molar-refractivity contribution in [3.8, 4) is 16.9 Å². The van der Waals surface area contributed by atoms with Gasteiger partial charge in [0.05, 0.1) is 6.61 Å². The quantitative estimate of drug-likeness (QED) is 0.229. The topological polar surface area (TPSA) is 93.7 Å². The van der Waals surface area contributed by atoms with Gasteiger partial charge in [0.1, 0.15) is 5.75 Å². The highest BCUT2D eigenvalue weighted by atomic mass is 16.7. The van der Waals surface area contributed by atoms with Gasteiger partial charge in [-0.05, 0) is 66.1 Å². The second-order valence-corrected chi connectivity index (χ2v) is 8.05. The van der Waals surface area contributed by atoms with Crippen molar-refractivity contribution in [3.05, 3.63) is 120 Å². The summed E-state index contributed by atoms with van der Waals surface area (Å²) in [5.41, 5.74) is 4.39. The van der Waals surface area contributed by atoms with Crippen LogP contribution < -0.4 is 15.4 Å². The third-order valence-corrected chi connectivity index (χ3v) is 5.54. The van der Waals surface area contributed by atoms with Crippen LogP contribution in [0.3, 0.4) is 0 Å². The van der Waals surface area contributed by atoms with Gasteiger partial charge in [-0.15, -0.1) is 0 Å². The highest BCUT2D eigenvalue weighted by molar-refractivity contribution is 6.04. The van der Waals surface area contributed by atoms with Crippen molar-refractivity contribution in [1.82, 2.24) is 5.32 Å². The number of carbonyl (C=O) groups excluding carboxylic acids is 3. The van der Waals surface area contributed by atoms with Crippen molar-refractivity contribution < 1.29 is 23.9 Å². The Kier molecular flexibility index (Phi) is 8.29. The molecule has 7 heteroatoms. The number of para-hydroxylation sites is 1. The number of nitrogens with one attached hydrogen (secondary N) is 2. The Hall–Kier alpha value is -4.91. The van der Waals surface area contributed by atoms with Crippen LogP contribution in [0.5, 0.6) is 5.75 Å². The molecule has 0 bridgehead atoms. The molecule has 4 rings (SSSR count). The predicted molar refractivity (Wildman–Crippen MR) is 142 cm³/mol. The van der Waals surface area contributed by atoms with E-state index in [1.165, 1.54) is 12.1 Å². The fourth-order valence-corrected chi connectivity index (χ4v) is 3.63. The monoisotopic (exact) mass is 494 g/mol. The van der Waals surface area contributed by atoms with Gasteiger partial charge < -0.3 is 20.1 Å². The van der Waals surface area contributed by atoms with E-state index >= 15 is 0 Å². The minimum Gasteiger partial charge on any atom is -0.434 e. The molecule has 0 atom stereocenters. The van der Waals surface area contributed by atoms with Crippen LogP contribution in [0.15, 0.2) is 103 Å². The first kappa shape index (κ1) is 25.2. The van der Waals surface area contributed by atoms with Crippen LogP contribution in [-0.4, -0.2) is 24.6 Å². The van der Waals surface area contributed by atoms with E-state index in [-0.39, 0.29) is 30.7 Å². The number of amides is 2. The first-order valence-corrected chi connectivity index (χ1v) is 11.8. The lowest BCUT2D eigenvalue weighted by Gasteiger charge is -2.13. The van der Waals surface area contributed by atoms with Crippen molar-refractivity contribution >= 4 is 23.7 Å². The standard InChI is InChI=1S/C30H26N2O5/c1-2-36-30(35)37-26-18-16-24(17-19-26)29(34)32-27-11-7-6-10-25(27)20-31-28(33)23-14-12-22(13-15-23)21-8-4-3-5-9-21/h3-19H,2,20H2,1H3,(H,31,33)(H,32,34). The van der Waals surface area contributed by atoms with E-state index < -0.39 is 6.16 Å². The van der Waals surface area contributed by atoms with Crippen molar-refractivity contribution in [3.63, 3.8) is 0 Å². The summed E-state index contributed by atoms with van der Waals surface area (Å²) >= 11 is 0. The molecule has 0 spiro atoms. The molecule has 0 radical (unpaired) electrons. The fourth-order valence-electron chi connectivity index (χ4n) is 3.63. The van der Waals surface area contributed by atoms with E-state index in [1.54, 1.807) is 43.3 Å². The number of hydrogen-bond acceptors (Lipinski definition) is 5. The lowest BCUT2D eigenvalue weighted by molar-refractivity contribution is 0.0949. The van der Waals surface area contributed by atoms with Gasteiger partial charge in [0.15, 0.2) is 0 Å². The molecular formula is C30H26N2O5. The van der Waals surface area contributed by atoms with Crippen LogP contribution in [0.2, 0.25) is 0 Å². The smallest absolute Gasteiger partial charge is 0.434 e. The third kappa shape index (κ3) is 6.82. The summed E-state index contributed by atoms with van der Waals surface area (Å²) in [7, 11) is 0. The van der Waals surface area contributed by atoms with Crippen molar-refractivity contribution in [2.24, 2.45) is 0 Å². The lowest BCUT2D eigenvalue weighted by atomic mass is 10.0. The molecule has 4 aromatic carbocycles. The van der Waals surface area contributed by atoms with Crippen LogP contribution in [0, 0.1) is 0 Å². The number of anilines is 1. The Morgan fingerprint density at radius 2 is 1.27 bits per heavy atom. The third-order valence-electron chi connectivity index (χ3n) is 5.54. The van der Waals surface area contributed by atoms with Gasteiger partial charge in [0, 0.05) is 23.4 Å². The molecule has 186 valence electrons. The summed E-state index contributed by atoms with van der Waals surface area (Å²) in [6, 6.07) is 30.8. The Morgan fingerprint density at radius 3 is 1.97 bits per heavy atom. The molecule has 0 aliphatic carbocycles. The number of hydrogen-bond donors (Lipinski definition) is 2. The molecule has 4 aromatic rings. The van der Waals surface area contributed by atoms with Gasteiger partial charge in [-0.3, -0.25) is 9.59 Å². The van der Waals surface area contributed by atoms with Crippen molar-refractivity contribution in [2.45, 2.75) is 13.5 Å². The van der Waals surface area contributed by atoms with E-state index in [0.29, 0.717) is 16.8 Å². The Labute approximate surface area is 215 Å². The van der Waals surface area contributed by atoms with Crippen LogP contribution in [0.4, 0.5) is 10.5 Å². The Bertz CT molecular complexity index is 1370. The van der Waals surface area contributed by atoms with E-state index in [9.17, 15) is 14.4 Å². The van der Waals surface area contributed by atoms with Crippen molar-refractivity contribution in [2.75, 3.05) is 11.9 Å². The zero-order valence-corrected chi connectivity index (χ0v) is 20.3. The summed E-state index contributed by atoms with van der Waals surface area (Å²) < 4.78 is 9.75. The highest BCUT2D eigenvalue weighted by Gasteiger charge is 2.12. The van der Waals surface area contributed by atoms with Gasteiger partial charge in [-0.25, -0.2) is 4.79 Å². The molecule has 0 aromatic heterocycles. The lowest BCUT2D eigenvalue weighted by Crippen LogP contribution is -2.24. The molecule has 0 heterocycles. The zero-order valence-electron chi connectivity index (χ0n) is 20.3. The summed E-state index contributed by atoms with van der Waals surface area (Å²) in [6.45, 7) is 2.13. The second kappa shape index (κ2) is 12.2. The van der Waals surface area contributed by atoms with Crippen LogP contribution >= 0.6 is 0 Å². The first-order valence-electron chi connectivity index (χ1n) is 11.8. The van der Waals surface area contributed by atoms with Crippen molar-refractivity contribution in [1.29, 1.82) is 0 Å². The molecule has 0 saturated carbocycles. The van der Waals surface area contributed by atoms with E-state index in [2.05, 4.69) is 10.6 Å². The number of carbonyl (C=O) groups is 3. The van der Waals surface area contributed by atoms with Gasteiger partial charge in [0.25, 0.3) is 11.8 Å². The predicted octanol–water partition coefficient (Wildman–Crippen LogP) is 6.07. The summed E-state index contributed by atoms with van der Waals surface area (Å²) in [6.07, 6.45) is -0.803. The molecular weight excluding hydrogens is 468 g/mol. The minimum atomic E-state index is -0.803. The average molecular weight is 495 g/mol. The number of ether oxygens (including phenoxy) is 2. The first-order chi connectivity index (χ1) is 18.0. The van der Waals surface area contributed by atoms with Crippen LogP contribution in [0.25, 0.3) is 11.1 Å². The van der Waals surface area contributed by atoms with Gasteiger partial charge in [-0.2, -0.15) is 0 Å². The van der Waals surface area contributed by atoms with Gasteiger partial charge >= 0.3 is 6.16 Å². The maximum atomic E-state index is 12.8. The Morgan fingerprint density at radius 1 is 0.676 bits per heavy atom. The zero-order chi connectivity index (χ0) is 26.0. The molecule has 0 aliphatic heterocycles. The highest BCUT2D eigenvalue weighted by Crippen LogP contribution is 2.20. The van der Waals surface area contributed by atoms with E-state index in [4.69, 9.17) is 9.47 Å². The summed E-state index contributed by atoms with van der Waals surface area (Å²) in [4.78, 5) is 36.9. The molecule has 0 saturated heterocycles. The molecule has 7 nitrogen and oxygen atoms in total. The van der Waals surface area contributed by atoms with E-state index in [0.717, 1.165) is 16.7 Å². The summed E-state index contributed by atoms with van der Waals surface area (Å²) in [5, 5.41) is 5.79. The van der Waals surface area contributed by atoms with E-state index in [1.807, 2.05) is 54.6 Å². The second-order valence-electron chi connectivity index (χ2n) is 8.05.